The van der Waals surface area contributed by atoms with Crippen molar-refractivity contribution in [3.63, 3.8) is 0 Å². The first kappa shape index (κ1) is 21.2. The van der Waals surface area contributed by atoms with Gasteiger partial charge in [-0.25, -0.2) is 0 Å². The number of amides is 1. The highest BCUT2D eigenvalue weighted by molar-refractivity contribution is 6.35. The Balaban J connectivity index is 1.63. The van der Waals surface area contributed by atoms with E-state index in [2.05, 4.69) is 29.4 Å². The minimum atomic E-state index is 0.547. The van der Waals surface area contributed by atoms with E-state index in [4.69, 9.17) is 23.2 Å². The van der Waals surface area contributed by atoms with Crippen LogP contribution in [0, 0.1) is 6.92 Å². The van der Waals surface area contributed by atoms with Gasteiger partial charge in [0.2, 0.25) is 6.41 Å². The van der Waals surface area contributed by atoms with Crippen molar-refractivity contribution in [2.75, 3.05) is 11.9 Å². The fraction of sp³-hybridized carbons (Fsp3) is 0.217. The molecule has 0 spiro atoms. The zero-order chi connectivity index (χ0) is 20.6. The van der Waals surface area contributed by atoms with E-state index in [9.17, 15) is 4.79 Å². The standard InChI is InChI=1S/C23H23Cl2N3O/c1-17-20(3-2-4-23(17)27-14-18-7-10-26-11-8-18)15-28(16-29)12-9-19-5-6-21(24)13-22(19)25/h2-8,10-11,13,16,27H,9,12,14-15H2,1H3. The van der Waals surface area contributed by atoms with E-state index >= 15 is 0 Å². The van der Waals surface area contributed by atoms with Gasteiger partial charge in [-0.15, -0.1) is 0 Å². The van der Waals surface area contributed by atoms with Gasteiger partial charge in [-0.05, 0) is 65.9 Å². The molecule has 3 rings (SSSR count). The number of benzene rings is 2. The van der Waals surface area contributed by atoms with Gasteiger partial charge < -0.3 is 10.2 Å². The average Bonchev–Trinajstić information content (AvgIpc) is 2.73. The van der Waals surface area contributed by atoms with E-state index in [1.165, 1.54) is 5.56 Å². The molecule has 0 saturated heterocycles. The largest absolute Gasteiger partial charge is 0.381 e. The molecule has 3 aromatic rings. The highest BCUT2D eigenvalue weighted by atomic mass is 35.5. The first-order chi connectivity index (χ1) is 14.1. The molecule has 0 unspecified atom stereocenters. The summed E-state index contributed by atoms with van der Waals surface area (Å²) >= 11 is 12.2. The molecule has 29 heavy (non-hydrogen) atoms. The molecule has 2 aromatic carbocycles. The molecule has 1 N–H and O–H groups in total. The van der Waals surface area contributed by atoms with Crippen molar-refractivity contribution in [2.24, 2.45) is 0 Å². The molecule has 0 aliphatic rings. The van der Waals surface area contributed by atoms with Crippen molar-refractivity contribution < 1.29 is 4.79 Å². The van der Waals surface area contributed by atoms with Crippen LogP contribution in [-0.2, 0) is 24.3 Å². The third kappa shape index (κ3) is 5.96. The van der Waals surface area contributed by atoms with Gasteiger partial charge in [-0.3, -0.25) is 9.78 Å². The van der Waals surface area contributed by atoms with Crippen LogP contribution < -0.4 is 5.32 Å². The topological polar surface area (TPSA) is 45.2 Å². The average molecular weight is 428 g/mol. The lowest BCUT2D eigenvalue weighted by Gasteiger charge is -2.20. The zero-order valence-electron chi connectivity index (χ0n) is 16.2. The normalized spacial score (nSPS) is 10.6. The summed E-state index contributed by atoms with van der Waals surface area (Å²) in [5.41, 5.74) is 5.45. The van der Waals surface area contributed by atoms with Gasteiger partial charge in [-0.2, -0.15) is 0 Å². The van der Waals surface area contributed by atoms with Crippen LogP contribution in [0.15, 0.2) is 60.9 Å². The second kappa shape index (κ2) is 10.3. The first-order valence-corrected chi connectivity index (χ1v) is 10.2. The van der Waals surface area contributed by atoms with Crippen molar-refractivity contribution >= 4 is 35.3 Å². The molecule has 0 aliphatic heterocycles. The van der Waals surface area contributed by atoms with E-state index in [0.717, 1.165) is 35.3 Å². The quantitative estimate of drug-likeness (QED) is 0.457. The van der Waals surface area contributed by atoms with Crippen LogP contribution in [0.3, 0.4) is 0 Å². The summed E-state index contributed by atoms with van der Waals surface area (Å²) in [5.74, 6) is 0. The molecule has 1 aromatic heterocycles. The predicted octanol–water partition coefficient (Wildman–Crippen LogP) is 5.51. The number of carbonyl (C=O) groups excluding carboxylic acids is 1. The Bertz CT molecular complexity index is 964. The number of nitrogens with one attached hydrogen (secondary N) is 1. The Morgan fingerprint density at radius 2 is 1.86 bits per heavy atom. The van der Waals surface area contributed by atoms with E-state index in [-0.39, 0.29) is 0 Å². The van der Waals surface area contributed by atoms with Gasteiger partial charge in [0.05, 0.1) is 0 Å². The maximum atomic E-state index is 11.6. The molecule has 0 atom stereocenters. The molecular weight excluding hydrogens is 405 g/mol. The maximum Gasteiger partial charge on any atom is 0.210 e. The lowest BCUT2D eigenvalue weighted by atomic mass is 10.1. The second-order valence-corrected chi connectivity index (χ2v) is 7.70. The van der Waals surface area contributed by atoms with Crippen LogP contribution in [0.25, 0.3) is 0 Å². The number of anilines is 1. The fourth-order valence-electron chi connectivity index (χ4n) is 3.12. The van der Waals surface area contributed by atoms with Crippen molar-refractivity contribution in [1.29, 1.82) is 0 Å². The third-order valence-electron chi connectivity index (χ3n) is 4.88. The lowest BCUT2D eigenvalue weighted by molar-refractivity contribution is -0.118. The number of pyridine rings is 1. The minimum Gasteiger partial charge on any atom is -0.381 e. The third-order valence-corrected chi connectivity index (χ3v) is 5.47. The van der Waals surface area contributed by atoms with Crippen LogP contribution >= 0.6 is 23.2 Å². The fourth-order valence-corrected chi connectivity index (χ4v) is 3.62. The van der Waals surface area contributed by atoms with Crippen LogP contribution in [0.5, 0.6) is 0 Å². The Morgan fingerprint density at radius 1 is 1.07 bits per heavy atom. The van der Waals surface area contributed by atoms with Gasteiger partial charge in [0, 0.05) is 47.8 Å². The van der Waals surface area contributed by atoms with Gasteiger partial charge in [0.15, 0.2) is 0 Å². The number of aromatic nitrogens is 1. The Morgan fingerprint density at radius 3 is 2.59 bits per heavy atom. The molecule has 0 saturated carbocycles. The predicted molar refractivity (Wildman–Crippen MR) is 119 cm³/mol. The Hall–Kier alpha value is -2.56. The number of nitrogens with zero attached hydrogens (tertiary/aromatic N) is 2. The molecule has 1 amide bonds. The molecule has 1 heterocycles. The lowest BCUT2D eigenvalue weighted by Crippen LogP contribution is -2.24. The monoisotopic (exact) mass is 427 g/mol. The summed E-state index contributed by atoms with van der Waals surface area (Å²) in [6, 6.07) is 15.5. The summed E-state index contributed by atoms with van der Waals surface area (Å²) in [5, 5.41) is 4.70. The number of hydrogen-bond donors (Lipinski definition) is 1. The molecule has 150 valence electrons. The Kier molecular flexibility index (Phi) is 7.50. The molecule has 6 heteroatoms. The molecule has 0 aliphatic carbocycles. The molecule has 4 nitrogen and oxygen atoms in total. The number of rotatable bonds is 9. The number of hydrogen-bond acceptors (Lipinski definition) is 3. The molecular formula is C23H23Cl2N3O. The molecule has 0 fully saturated rings. The summed E-state index contributed by atoms with van der Waals surface area (Å²) in [6.07, 6.45) is 5.14. The summed E-state index contributed by atoms with van der Waals surface area (Å²) in [6.45, 7) is 3.92. The smallest absolute Gasteiger partial charge is 0.210 e. The SMILES string of the molecule is Cc1c(CN(C=O)CCc2ccc(Cl)cc2Cl)cccc1NCc1ccncc1. The maximum absolute atomic E-state index is 11.6. The van der Waals surface area contributed by atoms with Crippen LogP contribution in [0.1, 0.15) is 22.3 Å². The van der Waals surface area contributed by atoms with E-state index < -0.39 is 0 Å². The zero-order valence-corrected chi connectivity index (χ0v) is 17.7. The van der Waals surface area contributed by atoms with Crippen molar-refractivity contribution in [1.82, 2.24) is 9.88 Å². The van der Waals surface area contributed by atoms with E-state index in [1.54, 1.807) is 23.4 Å². The van der Waals surface area contributed by atoms with Gasteiger partial charge in [0.25, 0.3) is 0 Å². The highest BCUT2D eigenvalue weighted by Crippen LogP contribution is 2.23. The number of carbonyl (C=O) groups is 1. The highest BCUT2D eigenvalue weighted by Gasteiger charge is 2.10. The van der Waals surface area contributed by atoms with Crippen molar-refractivity contribution in [2.45, 2.75) is 26.4 Å². The Labute approximate surface area is 181 Å². The van der Waals surface area contributed by atoms with Crippen LogP contribution in [0.2, 0.25) is 10.0 Å². The van der Waals surface area contributed by atoms with Crippen LogP contribution in [0.4, 0.5) is 5.69 Å². The number of halogens is 2. The van der Waals surface area contributed by atoms with Crippen molar-refractivity contribution in [3.8, 4) is 0 Å². The van der Waals surface area contributed by atoms with Crippen LogP contribution in [-0.4, -0.2) is 22.8 Å². The minimum absolute atomic E-state index is 0.547. The first-order valence-electron chi connectivity index (χ1n) is 9.41. The second-order valence-electron chi connectivity index (χ2n) is 6.86. The summed E-state index contributed by atoms with van der Waals surface area (Å²) < 4.78 is 0. The summed E-state index contributed by atoms with van der Waals surface area (Å²) in [4.78, 5) is 17.4. The van der Waals surface area contributed by atoms with Crippen molar-refractivity contribution in [3.05, 3.63) is 93.2 Å². The van der Waals surface area contributed by atoms with E-state index in [0.29, 0.717) is 29.6 Å². The van der Waals surface area contributed by atoms with Gasteiger partial charge >= 0.3 is 0 Å². The molecule has 0 bridgehead atoms. The van der Waals surface area contributed by atoms with E-state index in [1.807, 2.05) is 30.3 Å². The van der Waals surface area contributed by atoms with Gasteiger partial charge in [0.1, 0.15) is 0 Å². The summed E-state index contributed by atoms with van der Waals surface area (Å²) in [7, 11) is 0. The van der Waals surface area contributed by atoms with Gasteiger partial charge in [-0.1, -0.05) is 41.4 Å². The molecule has 0 radical (unpaired) electrons.